The molecule has 0 saturated heterocycles. The van der Waals surface area contributed by atoms with E-state index < -0.39 is 23.8 Å². The number of anilines is 1. The van der Waals surface area contributed by atoms with Gasteiger partial charge in [-0.15, -0.1) is 0 Å². The van der Waals surface area contributed by atoms with Crippen molar-refractivity contribution in [2.45, 2.75) is 13.0 Å². The fourth-order valence-corrected chi connectivity index (χ4v) is 3.91. The van der Waals surface area contributed by atoms with Crippen LogP contribution >= 0.6 is 0 Å². The van der Waals surface area contributed by atoms with Crippen molar-refractivity contribution in [1.82, 2.24) is 9.88 Å². The van der Waals surface area contributed by atoms with Crippen molar-refractivity contribution in [1.29, 1.82) is 0 Å². The van der Waals surface area contributed by atoms with E-state index in [1.807, 2.05) is 36.4 Å². The fraction of sp³-hybridized carbons (Fsp3) is 0.0833. The molecular weight excluding hydrogens is 378 g/mol. The first kappa shape index (κ1) is 18.0. The Labute approximate surface area is 172 Å². The summed E-state index contributed by atoms with van der Waals surface area (Å²) < 4.78 is 0. The van der Waals surface area contributed by atoms with Crippen LogP contribution in [0.1, 0.15) is 27.6 Å². The molecule has 2 heterocycles. The van der Waals surface area contributed by atoms with Gasteiger partial charge in [-0.3, -0.25) is 24.3 Å². The molecule has 0 spiro atoms. The highest BCUT2D eigenvalue weighted by molar-refractivity contribution is 6.23. The number of carbonyl (C=O) groups excluding carboxylic acids is 3. The number of fused-ring (bicyclic) bond motifs is 4. The number of pyridine rings is 1. The van der Waals surface area contributed by atoms with Crippen molar-refractivity contribution in [3.05, 3.63) is 84.1 Å². The standard InChI is InChI=1S/C24H17N3O3/c1-14(27-23(29)17-8-4-5-9-18(17)24(27)30)22(28)26-20-12-13-25-21-16-7-3-2-6-15(16)10-11-19(20)21/h2-14H,1H3,(H,25,26,28). The Bertz CT molecular complexity index is 1330. The summed E-state index contributed by atoms with van der Waals surface area (Å²) >= 11 is 0. The van der Waals surface area contributed by atoms with Gasteiger partial charge in [0.15, 0.2) is 0 Å². The normalized spacial score (nSPS) is 14.2. The van der Waals surface area contributed by atoms with E-state index in [1.54, 1.807) is 43.5 Å². The summed E-state index contributed by atoms with van der Waals surface area (Å²) in [6.45, 7) is 1.55. The van der Waals surface area contributed by atoms with Gasteiger partial charge in [0.05, 0.1) is 22.3 Å². The number of aromatic nitrogens is 1. The van der Waals surface area contributed by atoms with Crippen LogP contribution in [0.3, 0.4) is 0 Å². The monoisotopic (exact) mass is 395 g/mol. The smallest absolute Gasteiger partial charge is 0.262 e. The summed E-state index contributed by atoms with van der Waals surface area (Å²) in [6, 6.07) is 19.1. The van der Waals surface area contributed by atoms with Gasteiger partial charge in [-0.1, -0.05) is 48.5 Å². The molecule has 4 aromatic rings. The molecule has 6 nitrogen and oxygen atoms in total. The molecule has 0 bridgehead atoms. The molecule has 3 amide bonds. The summed E-state index contributed by atoms with van der Waals surface area (Å²) in [5, 5.41) is 5.70. The van der Waals surface area contributed by atoms with Crippen LogP contribution in [-0.4, -0.2) is 33.6 Å². The topological polar surface area (TPSA) is 79.4 Å². The Kier molecular flexibility index (Phi) is 4.06. The summed E-state index contributed by atoms with van der Waals surface area (Å²) in [6.07, 6.45) is 1.64. The van der Waals surface area contributed by atoms with Gasteiger partial charge in [-0.05, 0) is 30.5 Å². The molecule has 0 saturated carbocycles. The van der Waals surface area contributed by atoms with Crippen LogP contribution < -0.4 is 5.32 Å². The summed E-state index contributed by atoms with van der Waals surface area (Å²) in [4.78, 5) is 43.8. The molecule has 0 aliphatic carbocycles. The van der Waals surface area contributed by atoms with E-state index in [-0.39, 0.29) is 0 Å². The van der Waals surface area contributed by atoms with E-state index >= 15 is 0 Å². The Balaban J connectivity index is 1.47. The maximum absolute atomic E-state index is 13.0. The molecule has 146 valence electrons. The van der Waals surface area contributed by atoms with Crippen molar-refractivity contribution < 1.29 is 14.4 Å². The van der Waals surface area contributed by atoms with Gasteiger partial charge in [0.1, 0.15) is 6.04 Å². The van der Waals surface area contributed by atoms with E-state index in [0.29, 0.717) is 16.8 Å². The lowest BCUT2D eigenvalue weighted by molar-refractivity contribution is -0.119. The number of imide groups is 1. The maximum Gasteiger partial charge on any atom is 0.262 e. The molecule has 1 aliphatic heterocycles. The predicted molar refractivity (Wildman–Crippen MR) is 114 cm³/mol. The Morgan fingerprint density at radius 2 is 1.53 bits per heavy atom. The average Bonchev–Trinajstić information content (AvgIpc) is 3.03. The molecule has 1 aliphatic rings. The molecule has 3 aromatic carbocycles. The van der Waals surface area contributed by atoms with Crippen LogP contribution in [0.25, 0.3) is 21.7 Å². The molecule has 1 atom stereocenters. The first-order chi connectivity index (χ1) is 14.6. The molecule has 6 heteroatoms. The van der Waals surface area contributed by atoms with Gasteiger partial charge in [-0.2, -0.15) is 0 Å². The van der Waals surface area contributed by atoms with Gasteiger partial charge in [-0.25, -0.2) is 0 Å². The van der Waals surface area contributed by atoms with E-state index in [9.17, 15) is 14.4 Å². The van der Waals surface area contributed by atoms with E-state index in [2.05, 4.69) is 10.3 Å². The first-order valence-corrected chi connectivity index (χ1v) is 9.60. The van der Waals surface area contributed by atoms with Gasteiger partial charge in [0, 0.05) is 17.0 Å². The van der Waals surface area contributed by atoms with Gasteiger partial charge < -0.3 is 5.32 Å². The third kappa shape index (κ3) is 2.65. The number of nitrogens with zero attached hydrogens (tertiary/aromatic N) is 2. The largest absolute Gasteiger partial charge is 0.324 e. The van der Waals surface area contributed by atoms with Crippen molar-refractivity contribution in [3.63, 3.8) is 0 Å². The third-order valence-electron chi connectivity index (χ3n) is 5.49. The zero-order valence-electron chi connectivity index (χ0n) is 16.1. The Hall–Kier alpha value is -4.06. The number of rotatable bonds is 3. The number of hydrogen-bond acceptors (Lipinski definition) is 4. The lowest BCUT2D eigenvalue weighted by Gasteiger charge is -2.22. The fourth-order valence-electron chi connectivity index (χ4n) is 3.91. The molecule has 1 aromatic heterocycles. The van der Waals surface area contributed by atoms with Crippen LogP contribution in [0.5, 0.6) is 0 Å². The van der Waals surface area contributed by atoms with E-state index in [4.69, 9.17) is 0 Å². The van der Waals surface area contributed by atoms with Crippen molar-refractivity contribution >= 4 is 45.1 Å². The second-order valence-corrected chi connectivity index (χ2v) is 7.23. The van der Waals surface area contributed by atoms with E-state index in [1.165, 1.54) is 0 Å². The Morgan fingerprint density at radius 3 is 2.27 bits per heavy atom. The van der Waals surface area contributed by atoms with Crippen LogP contribution in [0.15, 0.2) is 72.9 Å². The van der Waals surface area contributed by atoms with Crippen LogP contribution in [0.2, 0.25) is 0 Å². The van der Waals surface area contributed by atoms with Crippen molar-refractivity contribution in [2.24, 2.45) is 0 Å². The highest BCUT2D eigenvalue weighted by atomic mass is 16.2. The van der Waals surface area contributed by atoms with Crippen LogP contribution in [0.4, 0.5) is 5.69 Å². The second-order valence-electron chi connectivity index (χ2n) is 7.23. The molecule has 0 fully saturated rings. The summed E-state index contributed by atoms with van der Waals surface area (Å²) in [7, 11) is 0. The minimum atomic E-state index is -0.957. The highest BCUT2D eigenvalue weighted by Crippen LogP contribution is 2.29. The predicted octanol–water partition coefficient (Wildman–Crippen LogP) is 4.01. The van der Waals surface area contributed by atoms with Crippen LogP contribution in [0, 0.1) is 0 Å². The van der Waals surface area contributed by atoms with Gasteiger partial charge >= 0.3 is 0 Å². The molecule has 1 unspecified atom stereocenters. The number of benzene rings is 3. The molecule has 5 rings (SSSR count). The zero-order valence-corrected chi connectivity index (χ0v) is 16.1. The number of hydrogen-bond donors (Lipinski definition) is 1. The Morgan fingerprint density at radius 1 is 0.867 bits per heavy atom. The molecular formula is C24H17N3O3. The third-order valence-corrected chi connectivity index (χ3v) is 5.49. The lowest BCUT2D eigenvalue weighted by Crippen LogP contribution is -2.45. The maximum atomic E-state index is 13.0. The van der Waals surface area contributed by atoms with Crippen LogP contribution in [-0.2, 0) is 4.79 Å². The average molecular weight is 395 g/mol. The van der Waals surface area contributed by atoms with Gasteiger partial charge in [0.2, 0.25) is 5.91 Å². The second kappa shape index (κ2) is 6.77. The zero-order chi connectivity index (χ0) is 20.8. The first-order valence-electron chi connectivity index (χ1n) is 9.60. The molecule has 30 heavy (non-hydrogen) atoms. The minimum Gasteiger partial charge on any atom is -0.324 e. The lowest BCUT2D eigenvalue weighted by atomic mass is 10.1. The van der Waals surface area contributed by atoms with Crippen molar-refractivity contribution in [2.75, 3.05) is 5.32 Å². The van der Waals surface area contributed by atoms with Gasteiger partial charge in [0.25, 0.3) is 11.8 Å². The number of nitrogens with one attached hydrogen (secondary N) is 1. The minimum absolute atomic E-state index is 0.322. The number of carbonyl (C=O) groups is 3. The molecule has 0 radical (unpaired) electrons. The quantitative estimate of drug-likeness (QED) is 0.420. The number of amides is 3. The molecule has 1 N–H and O–H groups in total. The SMILES string of the molecule is CC(C(=O)Nc1ccnc2c1ccc1ccccc12)N1C(=O)c2ccccc2C1=O. The highest BCUT2D eigenvalue weighted by Gasteiger charge is 2.40. The summed E-state index contributed by atoms with van der Waals surface area (Å²) in [5.74, 6) is -1.35. The van der Waals surface area contributed by atoms with E-state index in [0.717, 1.165) is 26.6 Å². The van der Waals surface area contributed by atoms with Crippen molar-refractivity contribution in [3.8, 4) is 0 Å². The summed E-state index contributed by atoms with van der Waals surface area (Å²) in [5.41, 5.74) is 2.00.